The van der Waals surface area contributed by atoms with Gasteiger partial charge in [-0.2, -0.15) is 4.98 Å². The summed E-state index contributed by atoms with van der Waals surface area (Å²) in [5, 5.41) is 16.8. The van der Waals surface area contributed by atoms with E-state index in [2.05, 4.69) is 20.3 Å². The van der Waals surface area contributed by atoms with Crippen LogP contribution in [0.5, 0.6) is 0 Å². The number of aliphatic hydroxyl groups excluding tert-OH is 1. The highest BCUT2D eigenvalue weighted by molar-refractivity contribution is 5.64. The molecule has 0 atom stereocenters. The van der Waals surface area contributed by atoms with E-state index >= 15 is 0 Å². The van der Waals surface area contributed by atoms with E-state index in [-0.39, 0.29) is 14.6 Å². The van der Waals surface area contributed by atoms with Crippen LogP contribution in [0.2, 0.25) is 0 Å². The molecule has 26 heavy (non-hydrogen) atoms. The SMILES string of the molecule is Cc1cc(Nc2ncn(-c3cc(F)cc(F)c3)n2)cc(N2CC(O)C2)c1.[HH].[HH]. The molecule has 0 bridgehead atoms. The predicted molar refractivity (Wildman–Crippen MR) is 98.2 cm³/mol. The van der Waals surface area contributed by atoms with Crippen LogP contribution < -0.4 is 10.2 Å². The molecule has 2 heterocycles. The van der Waals surface area contributed by atoms with Crippen molar-refractivity contribution < 1.29 is 16.7 Å². The summed E-state index contributed by atoms with van der Waals surface area (Å²) in [6, 6.07) is 9.10. The maximum absolute atomic E-state index is 13.4. The summed E-state index contributed by atoms with van der Waals surface area (Å²) in [5.41, 5.74) is 3.11. The van der Waals surface area contributed by atoms with Crippen molar-refractivity contribution in [2.45, 2.75) is 13.0 Å². The van der Waals surface area contributed by atoms with Gasteiger partial charge in [-0.1, -0.05) is 0 Å². The Labute approximate surface area is 151 Å². The van der Waals surface area contributed by atoms with Crippen molar-refractivity contribution in [2.24, 2.45) is 0 Å². The van der Waals surface area contributed by atoms with Gasteiger partial charge in [-0.15, -0.1) is 5.10 Å². The average molecular weight is 361 g/mol. The van der Waals surface area contributed by atoms with Crippen molar-refractivity contribution in [2.75, 3.05) is 23.3 Å². The Morgan fingerprint density at radius 2 is 1.81 bits per heavy atom. The maximum Gasteiger partial charge on any atom is 0.246 e. The van der Waals surface area contributed by atoms with Crippen LogP contribution in [0.4, 0.5) is 26.1 Å². The highest BCUT2D eigenvalue weighted by atomic mass is 19.1. The van der Waals surface area contributed by atoms with Gasteiger partial charge < -0.3 is 15.3 Å². The Morgan fingerprint density at radius 3 is 2.50 bits per heavy atom. The topological polar surface area (TPSA) is 66.2 Å². The first-order valence-electron chi connectivity index (χ1n) is 8.16. The average Bonchev–Trinajstić information content (AvgIpc) is 2.99. The maximum atomic E-state index is 13.4. The fraction of sp³-hybridized carbons (Fsp3) is 0.222. The molecule has 138 valence electrons. The number of nitrogens with one attached hydrogen (secondary N) is 1. The molecule has 1 aromatic heterocycles. The molecule has 2 N–H and O–H groups in total. The zero-order valence-corrected chi connectivity index (χ0v) is 14.0. The van der Waals surface area contributed by atoms with Crippen molar-refractivity contribution in [1.82, 2.24) is 14.8 Å². The highest BCUT2D eigenvalue weighted by Gasteiger charge is 2.24. The third kappa shape index (κ3) is 3.36. The van der Waals surface area contributed by atoms with E-state index in [0.29, 0.717) is 19.0 Å². The second kappa shape index (κ2) is 6.38. The molecule has 0 radical (unpaired) electrons. The molecule has 6 nitrogen and oxygen atoms in total. The number of hydrogen-bond donors (Lipinski definition) is 2. The molecule has 0 aliphatic carbocycles. The van der Waals surface area contributed by atoms with Crippen molar-refractivity contribution in [3.63, 3.8) is 0 Å². The normalized spacial score (nSPS) is 14.4. The Hall–Kier alpha value is -3.00. The molecule has 0 spiro atoms. The molecule has 0 unspecified atom stereocenters. The van der Waals surface area contributed by atoms with Crippen molar-refractivity contribution in [3.8, 4) is 5.69 Å². The fourth-order valence-electron chi connectivity index (χ4n) is 2.93. The van der Waals surface area contributed by atoms with Gasteiger partial charge in [0.05, 0.1) is 11.8 Å². The summed E-state index contributed by atoms with van der Waals surface area (Å²) in [5.74, 6) is -1.04. The molecule has 1 saturated heterocycles. The van der Waals surface area contributed by atoms with Gasteiger partial charge in [-0.05, 0) is 42.8 Å². The van der Waals surface area contributed by atoms with Gasteiger partial charge in [0.15, 0.2) is 0 Å². The minimum atomic E-state index is -0.676. The number of β-amino-alcohol motifs (C(OH)–C–C–N with tert-alkyl or cyclic N) is 1. The predicted octanol–water partition coefficient (Wildman–Crippen LogP) is 3.27. The van der Waals surface area contributed by atoms with Gasteiger partial charge in [0.1, 0.15) is 18.0 Å². The van der Waals surface area contributed by atoms with E-state index in [1.165, 1.54) is 23.1 Å². The summed E-state index contributed by atoms with van der Waals surface area (Å²) in [6.07, 6.45) is 1.11. The third-order valence-electron chi connectivity index (χ3n) is 4.15. The summed E-state index contributed by atoms with van der Waals surface area (Å²) < 4.78 is 28.0. The smallest absolute Gasteiger partial charge is 0.246 e. The molecular weight excluding hydrogens is 340 g/mol. The van der Waals surface area contributed by atoms with Gasteiger partial charge >= 0.3 is 0 Å². The minimum Gasteiger partial charge on any atom is -0.389 e. The van der Waals surface area contributed by atoms with Crippen LogP contribution >= 0.6 is 0 Å². The summed E-state index contributed by atoms with van der Waals surface area (Å²) in [6.45, 7) is 3.20. The molecule has 8 heteroatoms. The molecular formula is C18H21F2N5O. The first-order chi connectivity index (χ1) is 12.5. The van der Waals surface area contributed by atoms with Crippen LogP contribution in [0.3, 0.4) is 0 Å². The Kier molecular flexibility index (Phi) is 4.04. The quantitative estimate of drug-likeness (QED) is 0.747. The number of hydrogen-bond acceptors (Lipinski definition) is 5. The first kappa shape index (κ1) is 16.5. The second-order valence-corrected chi connectivity index (χ2v) is 6.38. The van der Waals surface area contributed by atoms with Crippen molar-refractivity contribution in [3.05, 3.63) is 59.9 Å². The Balaban J connectivity index is 0.00000140. The lowest BCUT2D eigenvalue weighted by Crippen LogP contribution is -2.50. The molecule has 1 aliphatic rings. The van der Waals surface area contributed by atoms with E-state index in [0.717, 1.165) is 23.0 Å². The zero-order valence-electron chi connectivity index (χ0n) is 14.0. The summed E-state index contributed by atoms with van der Waals surface area (Å²) >= 11 is 0. The number of rotatable bonds is 4. The number of anilines is 3. The van der Waals surface area contributed by atoms with Crippen LogP contribution in [-0.2, 0) is 0 Å². The van der Waals surface area contributed by atoms with E-state index < -0.39 is 11.6 Å². The lowest BCUT2D eigenvalue weighted by atomic mass is 10.1. The molecule has 3 aromatic rings. The first-order valence-corrected chi connectivity index (χ1v) is 8.16. The molecule has 0 amide bonds. The molecule has 1 fully saturated rings. The Morgan fingerprint density at radius 1 is 1.08 bits per heavy atom. The van der Waals surface area contributed by atoms with Crippen molar-refractivity contribution >= 4 is 17.3 Å². The Bertz CT molecular complexity index is 943. The number of aryl methyl sites for hydroxylation is 1. The number of aromatic nitrogens is 3. The molecule has 1 aliphatic heterocycles. The third-order valence-corrected chi connectivity index (χ3v) is 4.15. The van der Waals surface area contributed by atoms with Crippen LogP contribution in [-0.4, -0.2) is 39.1 Å². The molecule has 4 rings (SSSR count). The second-order valence-electron chi connectivity index (χ2n) is 6.38. The van der Waals surface area contributed by atoms with E-state index in [1.807, 2.05) is 25.1 Å². The molecule has 2 aromatic carbocycles. The van der Waals surface area contributed by atoms with E-state index in [4.69, 9.17) is 0 Å². The van der Waals surface area contributed by atoms with Gasteiger partial charge in [0, 0.05) is 33.4 Å². The standard InChI is InChI=1S/C18H17F2N5O.2H2/c1-11-2-14(7-15(3-11)24-8-17(26)9-24)22-18-21-10-25(23-18)16-5-12(19)4-13(20)6-16;;/h2-7,10,17,26H,8-9H2,1H3,(H,22,23);2*1H. The zero-order chi connectivity index (χ0) is 18.3. The van der Waals surface area contributed by atoms with Crippen LogP contribution in [0.15, 0.2) is 42.7 Å². The van der Waals surface area contributed by atoms with Gasteiger partial charge in [-0.25, -0.2) is 13.5 Å². The number of aliphatic hydroxyl groups is 1. The largest absolute Gasteiger partial charge is 0.389 e. The lowest BCUT2D eigenvalue weighted by Gasteiger charge is -2.38. The van der Waals surface area contributed by atoms with E-state index in [9.17, 15) is 13.9 Å². The molecule has 0 saturated carbocycles. The summed E-state index contributed by atoms with van der Waals surface area (Å²) in [7, 11) is 0. The van der Waals surface area contributed by atoms with Crippen LogP contribution in [0, 0.1) is 18.6 Å². The van der Waals surface area contributed by atoms with Crippen LogP contribution in [0.25, 0.3) is 5.69 Å². The summed E-state index contributed by atoms with van der Waals surface area (Å²) in [4.78, 5) is 6.21. The lowest BCUT2D eigenvalue weighted by molar-refractivity contribution is 0.142. The van der Waals surface area contributed by atoms with Gasteiger partial charge in [0.25, 0.3) is 0 Å². The fourth-order valence-corrected chi connectivity index (χ4v) is 2.93. The highest BCUT2D eigenvalue weighted by Crippen LogP contribution is 2.27. The van der Waals surface area contributed by atoms with Crippen LogP contribution in [0.1, 0.15) is 8.42 Å². The monoisotopic (exact) mass is 361 g/mol. The van der Waals surface area contributed by atoms with Gasteiger partial charge in [0.2, 0.25) is 5.95 Å². The number of nitrogens with zero attached hydrogens (tertiary/aromatic N) is 4. The van der Waals surface area contributed by atoms with Gasteiger partial charge in [-0.3, -0.25) is 0 Å². The van der Waals surface area contributed by atoms with Crippen molar-refractivity contribution in [1.29, 1.82) is 0 Å². The number of halogens is 2. The number of benzene rings is 2. The van der Waals surface area contributed by atoms with E-state index in [1.54, 1.807) is 0 Å². The minimum absolute atomic E-state index is 0.